The van der Waals surface area contributed by atoms with Crippen molar-refractivity contribution < 1.29 is 0 Å². The molecule has 1 aromatic carbocycles. The summed E-state index contributed by atoms with van der Waals surface area (Å²) in [6.45, 7) is 6.60. The second-order valence-electron chi connectivity index (χ2n) is 5.11. The third-order valence-electron chi connectivity index (χ3n) is 3.09. The Morgan fingerprint density at radius 2 is 2.19 bits per heavy atom. The number of anilines is 1. The van der Waals surface area contributed by atoms with Gasteiger partial charge in [0.25, 0.3) is 0 Å². The van der Waals surface area contributed by atoms with Gasteiger partial charge in [-0.1, -0.05) is 25.4 Å². The van der Waals surface area contributed by atoms with E-state index in [1.54, 1.807) is 6.07 Å². The molecule has 2 rings (SSSR count). The Balaban J connectivity index is 2.26. The first-order valence-corrected chi connectivity index (χ1v) is 5.84. The van der Waals surface area contributed by atoms with Gasteiger partial charge in [0, 0.05) is 13.1 Å². The lowest BCUT2D eigenvalue weighted by Crippen LogP contribution is -2.22. The Morgan fingerprint density at radius 3 is 2.69 bits per heavy atom. The zero-order chi connectivity index (χ0) is 11.8. The minimum absolute atomic E-state index is 0.358. The molecule has 1 aliphatic heterocycles. The minimum Gasteiger partial charge on any atom is -0.370 e. The molecule has 0 saturated carbocycles. The van der Waals surface area contributed by atoms with Crippen LogP contribution in [0.2, 0.25) is 5.02 Å². The lowest BCUT2D eigenvalue weighted by atomic mass is 9.93. The molecule has 0 spiro atoms. The predicted molar refractivity (Wildman–Crippen MR) is 66.8 cm³/mol. The molecule has 2 nitrogen and oxygen atoms in total. The first kappa shape index (κ1) is 11.3. The average molecular weight is 235 g/mol. The standard InChI is InChI=1S/C13H15ClN2/c1-13(2)5-6-16(9-13)12-4-3-10(8-15)7-11(12)14/h3-4,7H,5-6,9H2,1-2H3. The third kappa shape index (κ3) is 2.15. The van der Waals surface area contributed by atoms with Gasteiger partial charge in [0.1, 0.15) is 0 Å². The molecule has 1 fully saturated rings. The fourth-order valence-corrected chi connectivity index (χ4v) is 2.45. The Labute approximate surface area is 101 Å². The molecule has 16 heavy (non-hydrogen) atoms. The molecule has 1 aliphatic rings. The summed E-state index contributed by atoms with van der Waals surface area (Å²) in [5.41, 5.74) is 2.02. The van der Waals surface area contributed by atoms with Crippen LogP contribution in [-0.2, 0) is 0 Å². The van der Waals surface area contributed by atoms with Crippen molar-refractivity contribution in [2.24, 2.45) is 5.41 Å². The van der Waals surface area contributed by atoms with Crippen molar-refractivity contribution in [2.45, 2.75) is 20.3 Å². The summed E-state index contributed by atoms with van der Waals surface area (Å²) >= 11 is 6.19. The van der Waals surface area contributed by atoms with Crippen molar-refractivity contribution in [1.29, 1.82) is 5.26 Å². The fraction of sp³-hybridized carbons (Fsp3) is 0.462. The monoisotopic (exact) mass is 234 g/mol. The maximum Gasteiger partial charge on any atom is 0.0992 e. The van der Waals surface area contributed by atoms with E-state index in [-0.39, 0.29) is 0 Å². The molecule has 0 atom stereocenters. The van der Waals surface area contributed by atoms with Crippen molar-refractivity contribution in [3.8, 4) is 6.07 Å². The van der Waals surface area contributed by atoms with Crippen molar-refractivity contribution in [1.82, 2.24) is 0 Å². The third-order valence-corrected chi connectivity index (χ3v) is 3.40. The molecular formula is C13H15ClN2. The van der Waals surface area contributed by atoms with Gasteiger partial charge in [-0.15, -0.1) is 0 Å². The quantitative estimate of drug-likeness (QED) is 0.744. The zero-order valence-electron chi connectivity index (χ0n) is 9.63. The molecule has 0 bridgehead atoms. The molecule has 84 valence electrons. The van der Waals surface area contributed by atoms with E-state index in [0.717, 1.165) is 18.8 Å². The van der Waals surface area contributed by atoms with Crippen LogP contribution in [0.15, 0.2) is 18.2 Å². The SMILES string of the molecule is CC1(C)CCN(c2ccc(C#N)cc2Cl)C1. The van der Waals surface area contributed by atoms with E-state index < -0.39 is 0 Å². The van der Waals surface area contributed by atoms with Crippen molar-refractivity contribution in [3.05, 3.63) is 28.8 Å². The van der Waals surface area contributed by atoms with E-state index in [1.807, 2.05) is 12.1 Å². The summed E-state index contributed by atoms with van der Waals surface area (Å²) in [5.74, 6) is 0. The summed E-state index contributed by atoms with van der Waals surface area (Å²) in [6.07, 6.45) is 1.18. The van der Waals surface area contributed by atoms with Crippen LogP contribution in [-0.4, -0.2) is 13.1 Å². The van der Waals surface area contributed by atoms with E-state index in [1.165, 1.54) is 6.42 Å². The first-order chi connectivity index (χ1) is 7.52. The van der Waals surface area contributed by atoms with E-state index in [0.29, 0.717) is 16.0 Å². The number of rotatable bonds is 1. The van der Waals surface area contributed by atoms with Gasteiger partial charge in [-0.25, -0.2) is 0 Å². The zero-order valence-corrected chi connectivity index (χ0v) is 10.4. The van der Waals surface area contributed by atoms with Crippen LogP contribution in [0.5, 0.6) is 0 Å². The van der Waals surface area contributed by atoms with E-state index >= 15 is 0 Å². The van der Waals surface area contributed by atoms with Crippen molar-refractivity contribution >= 4 is 17.3 Å². The van der Waals surface area contributed by atoms with Crippen LogP contribution < -0.4 is 4.90 Å². The van der Waals surface area contributed by atoms with Gasteiger partial charge in [-0.3, -0.25) is 0 Å². The second kappa shape index (κ2) is 3.99. The lowest BCUT2D eigenvalue weighted by Gasteiger charge is -2.22. The number of nitrogens with zero attached hydrogens (tertiary/aromatic N) is 2. The van der Waals surface area contributed by atoms with E-state index in [2.05, 4.69) is 24.8 Å². The highest BCUT2D eigenvalue weighted by Crippen LogP contribution is 2.36. The van der Waals surface area contributed by atoms with Gasteiger partial charge in [-0.2, -0.15) is 5.26 Å². The van der Waals surface area contributed by atoms with E-state index in [4.69, 9.17) is 16.9 Å². The van der Waals surface area contributed by atoms with Crippen LogP contribution in [0.1, 0.15) is 25.8 Å². The molecule has 0 aromatic heterocycles. The topological polar surface area (TPSA) is 27.0 Å². The number of hydrogen-bond donors (Lipinski definition) is 0. The van der Waals surface area contributed by atoms with Crippen LogP contribution in [0.3, 0.4) is 0 Å². The van der Waals surface area contributed by atoms with Crippen LogP contribution in [0.25, 0.3) is 0 Å². The highest BCUT2D eigenvalue weighted by molar-refractivity contribution is 6.33. The smallest absolute Gasteiger partial charge is 0.0992 e. The summed E-state index contributed by atoms with van der Waals surface area (Å²) in [7, 11) is 0. The molecule has 1 saturated heterocycles. The van der Waals surface area contributed by atoms with Gasteiger partial charge in [0.05, 0.1) is 22.3 Å². The summed E-state index contributed by atoms with van der Waals surface area (Å²) in [6, 6.07) is 7.61. The molecular weight excluding hydrogens is 220 g/mol. The molecule has 0 aliphatic carbocycles. The lowest BCUT2D eigenvalue weighted by molar-refractivity contribution is 0.418. The average Bonchev–Trinajstić information content (AvgIpc) is 2.58. The maximum absolute atomic E-state index is 8.78. The molecule has 0 unspecified atom stereocenters. The minimum atomic E-state index is 0.358. The molecule has 1 heterocycles. The summed E-state index contributed by atoms with van der Waals surface area (Å²) in [4.78, 5) is 2.30. The summed E-state index contributed by atoms with van der Waals surface area (Å²) in [5, 5.41) is 9.46. The first-order valence-electron chi connectivity index (χ1n) is 5.46. The predicted octanol–water partition coefficient (Wildman–Crippen LogP) is 3.45. The number of hydrogen-bond acceptors (Lipinski definition) is 2. The molecule has 3 heteroatoms. The molecule has 0 radical (unpaired) electrons. The number of nitriles is 1. The van der Waals surface area contributed by atoms with Crippen LogP contribution in [0, 0.1) is 16.7 Å². The van der Waals surface area contributed by atoms with Crippen LogP contribution in [0.4, 0.5) is 5.69 Å². The Kier molecular flexibility index (Phi) is 2.82. The van der Waals surface area contributed by atoms with E-state index in [9.17, 15) is 0 Å². The largest absolute Gasteiger partial charge is 0.370 e. The van der Waals surface area contributed by atoms with Gasteiger partial charge in [0.15, 0.2) is 0 Å². The Morgan fingerprint density at radius 1 is 1.44 bits per heavy atom. The van der Waals surface area contributed by atoms with Gasteiger partial charge >= 0.3 is 0 Å². The van der Waals surface area contributed by atoms with Gasteiger partial charge < -0.3 is 4.90 Å². The highest BCUT2D eigenvalue weighted by atomic mass is 35.5. The maximum atomic E-state index is 8.78. The Bertz CT molecular complexity index is 446. The summed E-state index contributed by atoms with van der Waals surface area (Å²) < 4.78 is 0. The van der Waals surface area contributed by atoms with Gasteiger partial charge in [-0.05, 0) is 30.0 Å². The van der Waals surface area contributed by atoms with Crippen molar-refractivity contribution in [2.75, 3.05) is 18.0 Å². The number of benzene rings is 1. The second-order valence-corrected chi connectivity index (χ2v) is 5.52. The highest BCUT2D eigenvalue weighted by Gasteiger charge is 2.30. The normalized spacial score (nSPS) is 18.5. The van der Waals surface area contributed by atoms with Crippen LogP contribution >= 0.6 is 11.6 Å². The molecule has 0 amide bonds. The fourth-order valence-electron chi connectivity index (χ4n) is 2.15. The van der Waals surface area contributed by atoms with Crippen molar-refractivity contribution in [3.63, 3.8) is 0 Å². The molecule has 1 aromatic rings. The van der Waals surface area contributed by atoms with Gasteiger partial charge in [0.2, 0.25) is 0 Å². The molecule has 0 N–H and O–H groups in total. The number of halogens is 1. The Hall–Kier alpha value is -1.20.